The molecular formula is C25H21N7O. The highest BCUT2D eigenvalue weighted by Gasteiger charge is 2.07. The topological polar surface area (TPSA) is 100 Å². The third-order valence-corrected chi connectivity index (χ3v) is 4.77. The zero-order valence-corrected chi connectivity index (χ0v) is 18.3. The van der Waals surface area contributed by atoms with Gasteiger partial charge in [-0.25, -0.2) is 19.6 Å². The molecule has 8 heteroatoms. The SMILES string of the molecule is CN(C)/C=N/c1cnc(-c2cccc(Cn3nc(-c4ccc(C#N)cc4)ccc3=O)c2)nc1. The Kier molecular flexibility index (Phi) is 6.32. The van der Waals surface area contributed by atoms with Crippen molar-refractivity contribution >= 4 is 12.0 Å². The minimum Gasteiger partial charge on any atom is -0.369 e. The lowest BCUT2D eigenvalue weighted by molar-refractivity contribution is 0.643. The molecule has 33 heavy (non-hydrogen) atoms. The number of nitriles is 1. The summed E-state index contributed by atoms with van der Waals surface area (Å²) in [6.07, 6.45) is 5.03. The summed E-state index contributed by atoms with van der Waals surface area (Å²) in [4.78, 5) is 27.4. The maximum atomic E-state index is 12.4. The molecule has 0 fully saturated rings. The fraction of sp³-hybridized carbons (Fsp3) is 0.120. The Morgan fingerprint density at radius 1 is 1.03 bits per heavy atom. The van der Waals surface area contributed by atoms with E-state index in [2.05, 4.69) is 26.1 Å². The molecule has 0 atom stereocenters. The molecule has 4 rings (SSSR count). The van der Waals surface area contributed by atoms with Gasteiger partial charge < -0.3 is 4.90 Å². The maximum Gasteiger partial charge on any atom is 0.267 e. The Balaban J connectivity index is 1.57. The summed E-state index contributed by atoms with van der Waals surface area (Å²) in [5.41, 5.74) is 4.28. The van der Waals surface area contributed by atoms with Gasteiger partial charge in [-0.15, -0.1) is 0 Å². The van der Waals surface area contributed by atoms with E-state index in [1.165, 1.54) is 10.7 Å². The lowest BCUT2D eigenvalue weighted by Gasteiger charge is -2.09. The summed E-state index contributed by atoms with van der Waals surface area (Å²) < 4.78 is 1.42. The lowest BCUT2D eigenvalue weighted by atomic mass is 10.1. The number of nitrogens with zero attached hydrogens (tertiary/aromatic N) is 7. The average Bonchev–Trinajstić information content (AvgIpc) is 2.85. The highest BCUT2D eigenvalue weighted by Crippen LogP contribution is 2.19. The molecule has 2 aromatic heterocycles. The Morgan fingerprint density at radius 3 is 2.48 bits per heavy atom. The van der Waals surface area contributed by atoms with Crippen LogP contribution in [0.25, 0.3) is 22.6 Å². The Bertz CT molecular complexity index is 1380. The molecule has 4 aromatic rings. The second-order valence-electron chi connectivity index (χ2n) is 7.58. The van der Waals surface area contributed by atoms with Crippen LogP contribution in [0.1, 0.15) is 11.1 Å². The van der Waals surface area contributed by atoms with Gasteiger partial charge in [0.1, 0.15) is 5.69 Å². The van der Waals surface area contributed by atoms with Gasteiger partial charge in [0, 0.05) is 31.3 Å². The van der Waals surface area contributed by atoms with E-state index in [0.29, 0.717) is 29.3 Å². The van der Waals surface area contributed by atoms with Gasteiger partial charge in [0.05, 0.1) is 42.6 Å². The summed E-state index contributed by atoms with van der Waals surface area (Å²) >= 11 is 0. The van der Waals surface area contributed by atoms with Crippen LogP contribution in [0, 0.1) is 11.3 Å². The zero-order chi connectivity index (χ0) is 23.2. The molecule has 0 unspecified atom stereocenters. The van der Waals surface area contributed by atoms with Crippen LogP contribution >= 0.6 is 0 Å². The molecule has 0 spiro atoms. The van der Waals surface area contributed by atoms with Crippen molar-refractivity contribution in [2.75, 3.05) is 14.1 Å². The Labute approximate surface area is 191 Å². The normalized spacial score (nSPS) is 10.8. The summed E-state index contributed by atoms with van der Waals surface area (Å²) in [5, 5.41) is 13.5. The monoisotopic (exact) mass is 435 g/mol. The summed E-state index contributed by atoms with van der Waals surface area (Å²) in [7, 11) is 3.79. The average molecular weight is 435 g/mol. The van der Waals surface area contributed by atoms with E-state index in [9.17, 15) is 4.79 Å². The maximum absolute atomic E-state index is 12.4. The van der Waals surface area contributed by atoms with Crippen molar-refractivity contribution in [1.29, 1.82) is 5.26 Å². The van der Waals surface area contributed by atoms with Crippen molar-refractivity contribution in [3.05, 3.63) is 94.5 Å². The van der Waals surface area contributed by atoms with Crippen LogP contribution < -0.4 is 5.56 Å². The summed E-state index contributed by atoms with van der Waals surface area (Å²) in [6, 6.07) is 20.1. The van der Waals surface area contributed by atoms with Gasteiger partial charge in [-0.2, -0.15) is 10.4 Å². The second kappa shape index (κ2) is 9.66. The van der Waals surface area contributed by atoms with Crippen LogP contribution in [0.2, 0.25) is 0 Å². The molecule has 2 heterocycles. The minimum atomic E-state index is -0.197. The summed E-state index contributed by atoms with van der Waals surface area (Å²) in [5.74, 6) is 0.576. The number of hydrogen-bond donors (Lipinski definition) is 0. The van der Waals surface area contributed by atoms with Crippen LogP contribution in [0.4, 0.5) is 5.69 Å². The van der Waals surface area contributed by atoms with Gasteiger partial charge in [0.2, 0.25) is 0 Å². The van der Waals surface area contributed by atoms with Crippen LogP contribution in [0.15, 0.2) is 82.8 Å². The largest absolute Gasteiger partial charge is 0.369 e. The molecule has 0 aliphatic rings. The van der Waals surface area contributed by atoms with Crippen molar-refractivity contribution in [2.45, 2.75) is 6.54 Å². The van der Waals surface area contributed by atoms with E-state index in [1.807, 2.05) is 55.4 Å². The van der Waals surface area contributed by atoms with Crippen molar-refractivity contribution in [1.82, 2.24) is 24.6 Å². The van der Waals surface area contributed by atoms with Crippen molar-refractivity contribution < 1.29 is 0 Å². The molecule has 0 saturated carbocycles. The van der Waals surface area contributed by atoms with Gasteiger partial charge in [-0.05, 0) is 29.8 Å². The predicted octanol–water partition coefficient (Wildman–Crippen LogP) is 3.51. The first kappa shape index (κ1) is 21.6. The van der Waals surface area contributed by atoms with Crippen molar-refractivity contribution in [2.24, 2.45) is 4.99 Å². The van der Waals surface area contributed by atoms with E-state index in [1.54, 1.807) is 36.9 Å². The van der Waals surface area contributed by atoms with Crippen LogP contribution in [0.3, 0.4) is 0 Å². The van der Waals surface area contributed by atoms with E-state index in [0.717, 1.165) is 16.7 Å². The molecule has 0 N–H and O–H groups in total. The molecule has 0 amide bonds. The van der Waals surface area contributed by atoms with Crippen molar-refractivity contribution in [3.8, 4) is 28.7 Å². The Hall–Kier alpha value is -4.64. The first-order chi connectivity index (χ1) is 16.0. The molecule has 8 nitrogen and oxygen atoms in total. The number of rotatable bonds is 6. The highest BCUT2D eigenvalue weighted by molar-refractivity contribution is 5.62. The third kappa shape index (κ3) is 5.35. The van der Waals surface area contributed by atoms with Gasteiger partial charge in [0.25, 0.3) is 5.56 Å². The van der Waals surface area contributed by atoms with Crippen LogP contribution in [-0.2, 0) is 6.54 Å². The first-order valence-electron chi connectivity index (χ1n) is 10.2. The number of hydrogen-bond acceptors (Lipinski definition) is 6. The first-order valence-corrected chi connectivity index (χ1v) is 10.2. The fourth-order valence-corrected chi connectivity index (χ4v) is 3.13. The van der Waals surface area contributed by atoms with Gasteiger partial charge in [0.15, 0.2) is 5.82 Å². The van der Waals surface area contributed by atoms with Gasteiger partial charge >= 0.3 is 0 Å². The van der Waals surface area contributed by atoms with Gasteiger partial charge in [-0.1, -0.05) is 30.3 Å². The summed E-state index contributed by atoms with van der Waals surface area (Å²) in [6.45, 7) is 0.308. The van der Waals surface area contributed by atoms with E-state index >= 15 is 0 Å². The molecule has 0 saturated heterocycles. The van der Waals surface area contributed by atoms with Crippen LogP contribution in [-0.4, -0.2) is 45.1 Å². The Morgan fingerprint density at radius 2 is 1.79 bits per heavy atom. The molecule has 0 aliphatic carbocycles. The molecule has 0 aliphatic heterocycles. The van der Waals surface area contributed by atoms with Crippen LogP contribution in [0.5, 0.6) is 0 Å². The van der Waals surface area contributed by atoms with E-state index in [-0.39, 0.29) is 5.56 Å². The number of aliphatic imine (C=N–C) groups is 1. The van der Waals surface area contributed by atoms with E-state index in [4.69, 9.17) is 5.26 Å². The minimum absolute atomic E-state index is 0.197. The standard InChI is InChI=1S/C25H21N7O/c1-31(2)17-29-22-14-27-25(28-15-22)21-5-3-4-19(12-21)16-32-24(33)11-10-23(30-32)20-8-6-18(13-26)7-9-20/h3-12,14-15,17H,16H2,1-2H3/b29-17+. The predicted molar refractivity (Wildman–Crippen MR) is 127 cm³/mol. The number of benzene rings is 2. The molecule has 0 bridgehead atoms. The third-order valence-electron chi connectivity index (χ3n) is 4.77. The molecular weight excluding hydrogens is 414 g/mol. The zero-order valence-electron chi connectivity index (χ0n) is 18.3. The van der Waals surface area contributed by atoms with Crippen molar-refractivity contribution in [3.63, 3.8) is 0 Å². The fourth-order valence-electron chi connectivity index (χ4n) is 3.13. The van der Waals surface area contributed by atoms with E-state index < -0.39 is 0 Å². The lowest BCUT2D eigenvalue weighted by Crippen LogP contribution is -2.22. The molecule has 0 radical (unpaired) electrons. The number of aromatic nitrogens is 4. The molecule has 162 valence electrons. The highest BCUT2D eigenvalue weighted by atomic mass is 16.1. The second-order valence-corrected chi connectivity index (χ2v) is 7.58. The smallest absolute Gasteiger partial charge is 0.267 e. The quantitative estimate of drug-likeness (QED) is 0.339. The molecule has 2 aromatic carbocycles. The van der Waals surface area contributed by atoms with Gasteiger partial charge in [-0.3, -0.25) is 4.79 Å².